The summed E-state index contributed by atoms with van der Waals surface area (Å²) >= 11 is 12.4. The molecule has 3 heteroatoms. The van der Waals surface area contributed by atoms with Crippen molar-refractivity contribution in [1.82, 2.24) is 0 Å². The molecular weight excluding hydrogens is 279 g/mol. The summed E-state index contributed by atoms with van der Waals surface area (Å²) in [5, 5.41) is 0.832. The van der Waals surface area contributed by atoms with E-state index in [2.05, 4.69) is 6.07 Å². The van der Waals surface area contributed by atoms with Crippen molar-refractivity contribution in [2.75, 3.05) is 12.5 Å². The second-order valence-corrected chi connectivity index (χ2v) is 6.56. The number of benzene rings is 1. The number of hydrogen-bond acceptors (Lipinski definition) is 1. The summed E-state index contributed by atoms with van der Waals surface area (Å²) in [7, 11) is 0. The van der Waals surface area contributed by atoms with Crippen molar-refractivity contribution in [2.45, 2.75) is 38.5 Å². The van der Waals surface area contributed by atoms with Crippen LogP contribution in [0.2, 0.25) is 5.02 Å². The fourth-order valence-electron chi connectivity index (χ4n) is 3.56. The van der Waals surface area contributed by atoms with Crippen LogP contribution in [0.25, 0.3) is 0 Å². The molecule has 0 bridgehead atoms. The predicted octanol–water partition coefficient (Wildman–Crippen LogP) is 4.86. The highest BCUT2D eigenvalue weighted by atomic mass is 35.5. The van der Waals surface area contributed by atoms with Gasteiger partial charge in [-0.05, 0) is 41.5 Å². The second kappa shape index (κ2) is 5.93. The Labute approximate surface area is 125 Å². The van der Waals surface area contributed by atoms with E-state index in [1.54, 1.807) is 0 Å². The summed E-state index contributed by atoms with van der Waals surface area (Å²) in [6.07, 6.45) is 7.39. The van der Waals surface area contributed by atoms with E-state index in [-0.39, 0.29) is 0 Å². The Morgan fingerprint density at radius 2 is 2.05 bits per heavy atom. The van der Waals surface area contributed by atoms with Gasteiger partial charge in [-0.15, -0.1) is 11.6 Å². The Bertz CT molecular complexity index is 452. The van der Waals surface area contributed by atoms with Gasteiger partial charge in [-0.3, -0.25) is 0 Å². The van der Waals surface area contributed by atoms with Gasteiger partial charge in [0.1, 0.15) is 5.75 Å². The molecule has 0 N–H and O–H groups in total. The molecule has 2 aliphatic rings. The van der Waals surface area contributed by atoms with Crippen LogP contribution in [0.5, 0.6) is 5.75 Å². The summed E-state index contributed by atoms with van der Waals surface area (Å²) in [4.78, 5) is 0. The van der Waals surface area contributed by atoms with Crippen LogP contribution in [0.4, 0.5) is 0 Å². The molecule has 1 aliphatic heterocycles. The third-order valence-electron chi connectivity index (χ3n) is 4.57. The molecule has 104 valence electrons. The van der Waals surface area contributed by atoms with Gasteiger partial charge in [-0.25, -0.2) is 0 Å². The average molecular weight is 299 g/mol. The molecule has 19 heavy (non-hydrogen) atoms. The average Bonchev–Trinajstić information content (AvgIpc) is 3.05. The topological polar surface area (TPSA) is 9.23 Å². The van der Waals surface area contributed by atoms with E-state index in [0.717, 1.165) is 42.0 Å². The SMILES string of the molecule is ClCC(Cc1cc(Cl)cc2c1OCC2)C1CCCC1. The Morgan fingerprint density at radius 1 is 1.26 bits per heavy atom. The maximum absolute atomic E-state index is 6.23. The number of fused-ring (bicyclic) bond motifs is 1. The first-order valence-corrected chi connectivity index (χ1v) is 8.19. The van der Waals surface area contributed by atoms with E-state index < -0.39 is 0 Å². The first-order chi connectivity index (χ1) is 9.28. The van der Waals surface area contributed by atoms with Crippen LogP contribution in [0.1, 0.15) is 36.8 Å². The van der Waals surface area contributed by atoms with Gasteiger partial charge in [0.15, 0.2) is 0 Å². The van der Waals surface area contributed by atoms with Crippen LogP contribution in [-0.2, 0) is 12.8 Å². The molecule has 3 rings (SSSR count). The Balaban J connectivity index is 1.81. The number of ether oxygens (including phenoxy) is 1. The second-order valence-electron chi connectivity index (χ2n) is 5.81. The maximum atomic E-state index is 6.23. The lowest BCUT2D eigenvalue weighted by Crippen LogP contribution is -2.16. The summed E-state index contributed by atoms with van der Waals surface area (Å²) in [6.45, 7) is 0.789. The summed E-state index contributed by atoms with van der Waals surface area (Å²) in [5.41, 5.74) is 2.53. The van der Waals surface area contributed by atoms with Crippen molar-refractivity contribution in [3.63, 3.8) is 0 Å². The Kier molecular flexibility index (Phi) is 4.24. The van der Waals surface area contributed by atoms with Crippen LogP contribution in [0.15, 0.2) is 12.1 Å². The van der Waals surface area contributed by atoms with Crippen molar-refractivity contribution in [1.29, 1.82) is 0 Å². The fraction of sp³-hybridized carbons (Fsp3) is 0.625. The number of alkyl halides is 1. The van der Waals surface area contributed by atoms with Gasteiger partial charge in [0.05, 0.1) is 6.61 Å². The minimum Gasteiger partial charge on any atom is -0.493 e. The number of hydrogen-bond donors (Lipinski definition) is 0. The Morgan fingerprint density at radius 3 is 2.79 bits per heavy atom. The van der Waals surface area contributed by atoms with E-state index in [1.807, 2.05) is 6.07 Å². The van der Waals surface area contributed by atoms with E-state index in [1.165, 1.54) is 36.8 Å². The summed E-state index contributed by atoms with van der Waals surface area (Å²) < 4.78 is 5.79. The third kappa shape index (κ3) is 2.87. The molecular formula is C16H20Cl2O. The molecule has 1 nitrogen and oxygen atoms in total. The Hall–Kier alpha value is -0.400. The molecule has 1 fully saturated rings. The molecule has 1 aliphatic carbocycles. The van der Waals surface area contributed by atoms with Gasteiger partial charge in [-0.1, -0.05) is 37.3 Å². The zero-order chi connectivity index (χ0) is 13.2. The van der Waals surface area contributed by atoms with Crippen molar-refractivity contribution < 1.29 is 4.74 Å². The summed E-state index contributed by atoms with van der Waals surface area (Å²) in [5.74, 6) is 3.17. The standard InChI is InChI=1S/C16H20Cl2O/c17-10-14(11-3-1-2-4-11)7-13-9-15(18)8-12-5-6-19-16(12)13/h8-9,11,14H,1-7,10H2. The lowest BCUT2D eigenvalue weighted by molar-refractivity contribution is 0.339. The van der Waals surface area contributed by atoms with Crippen molar-refractivity contribution in [2.24, 2.45) is 11.8 Å². The minimum absolute atomic E-state index is 0.566. The molecule has 0 aromatic heterocycles. The van der Waals surface area contributed by atoms with E-state index >= 15 is 0 Å². The highest BCUT2D eigenvalue weighted by molar-refractivity contribution is 6.30. The molecule has 1 aromatic rings. The van der Waals surface area contributed by atoms with Crippen molar-refractivity contribution >= 4 is 23.2 Å². The van der Waals surface area contributed by atoms with Gasteiger partial charge < -0.3 is 4.74 Å². The van der Waals surface area contributed by atoms with Gasteiger partial charge in [0.2, 0.25) is 0 Å². The molecule has 0 amide bonds. The van der Waals surface area contributed by atoms with E-state index in [4.69, 9.17) is 27.9 Å². The van der Waals surface area contributed by atoms with Crippen molar-refractivity contribution in [3.05, 3.63) is 28.3 Å². The molecule has 1 saturated carbocycles. The molecule has 0 spiro atoms. The number of halogens is 2. The molecule has 0 saturated heterocycles. The normalized spacial score (nSPS) is 20.3. The lowest BCUT2D eigenvalue weighted by atomic mass is 9.86. The van der Waals surface area contributed by atoms with Gasteiger partial charge in [0, 0.05) is 17.3 Å². The third-order valence-corrected chi connectivity index (χ3v) is 5.19. The van der Waals surface area contributed by atoms with Gasteiger partial charge in [-0.2, -0.15) is 0 Å². The van der Waals surface area contributed by atoms with Gasteiger partial charge in [0.25, 0.3) is 0 Å². The quantitative estimate of drug-likeness (QED) is 0.721. The smallest absolute Gasteiger partial charge is 0.125 e. The van der Waals surface area contributed by atoms with Crippen LogP contribution < -0.4 is 4.74 Å². The first kappa shape index (κ1) is 13.6. The molecule has 1 heterocycles. The number of rotatable bonds is 4. The zero-order valence-electron chi connectivity index (χ0n) is 11.1. The van der Waals surface area contributed by atoms with Gasteiger partial charge >= 0.3 is 0 Å². The predicted molar refractivity (Wildman–Crippen MR) is 80.5 cm³/mol. The first-order valence-electron chi connectivity index (χ1n) is 7.28. The highest BCUT2D eigenvalue weighted by Crippen LogP contribution is 2.38. The highest BCUT2D eigenvalue weighted by Gasteiger charge is 2.27. The monoisotopic (exact) mass is 298 g/mol. The summed E-state index contributed by atoms with van der Waals surface area (Å²) in [6, 6.07) is 4.11. The van der Waals surface area contributed by atoms with Crippen LogP contribution in [0, 0.1) is 11.8 Å². The molecule has 1 atom stereocenters. The molecule has 1 unspecified atom stereocenters. The van der Waals surface area contributed by atoms with E-state index in [0.29, 0.717) is 5.92 Å². The van der Waals surface area contributed by atoms with Crippen molar-refractivity contribution in [3.8, 4) is 5.75 Å². The maximum Gasteiger partial charge on any atom is 0.125 e. The zero-order valence-corrected chi connectivity index (χ0v) is 12.6. The molecule has 1 aromatic carbocycles. The van der Waals surface area contributed by atoms with E-state index in [9.17, 15) is 0 Å². The molecule has 0 radical (unpaired) electrons. The lowest BCUT2D eigenvalue weighted by Gasteiger charge is -2.22. The van der Waals surface area contributed by atoms with Crippen LogP contribution >= 0.6 is 23.2 Å². The minimum atomic E-state index is 0.566. The van der Waals surface area contributed by atoms with Crippen LogP contribution in [0.3, 0.4) is 0 Å². The largest absolute Gasteiger partial charge is 0.493 e. The fourth-order valence-corrected chi connectivity index (χ4v) is 4.18. The van der Waals surface area contributed by atoms with Crippen LogP contribution in [-0.4, -0.2) is 12.5 Å².